The first kappa shape index (κ1) is 8.02. The highest BCUT2D eigenvalue weighted by molar-refractivity contribution is 4.80. The molecule has 0 aromatic heterocycles. The van der Waals surface area contributed by atoms with Crippen molar-refractivity contribution in [2.45, 2.75) is 13.3 Å². The molecule has 0 N–H and O–H groups in total. The minimum Gasteiger partial charge on any atom is -0.380 e. The Balaban J connectivity index is 1.91. The fourth-order valence-electron chi connectivity index (χ4n) is 1.18. The average molecular weight is 142 g/mol. The largest absolute Gasteiger partial charge is 0.380 e. The van der Waals surface area contributed by atoms with Crippen molar-refractivity contribution in [2.24, 2.45) is 0 Å². The molecular formula is C8H16NO. The first-order valence-electron chi connectivity index (χ1n) is 4.05. The van der Waals surface area contributed by atoms with Gasteiger partial charge in [-0.15, -0.1) is 0 Å². The Morgan fingerprint density at radius 1 is 1.60 bits per heavy atom. The van der Waals surface area contributed by atoms with Crippen molar-refractivity contribution >= 4 is 0 Å². The predicted octanol–water partition coefficient (Wildman–Crippen LogP) is 0.933. The van der Waals surface area contributed by atoms with Crippen LogP contribution in [0.2, 0.25) is 0 Å². The predicted molar refractivity (Wildman–Crippen MR) is 41.9 cm³/mol. The normalized spacial score (nSPS) is 20.1. The van der Waals surface area contributed by atoms with Crippen LogP contribution < -0.4 is 0 Å². The van der Waals surface area contributed by atoms with Gasteiger partial charge in [0, 0.05) is 19.7 Å². The van der Waals surface area contributed by atoms with Gasteiger partial charge in [-0.25, -0.2) is 0 Å². The maximum absolute atomic E-state index is 5.24. The van der Waals surface area contributed by atoms with E-state index in [-0.39, 0.29) is 0 Å². The molecule has 1 radical (unpaired) electrons. The maximum Gasteiger partial charge on any atom is 0.0593 e. The molecule has 2 heteroatoms. The number of likely N-dealkylation sites (tertiary alicyclic amines) is 1. The van der Waals surface area contributed by atoms with Crippen molar-refractivity contribution < 1.29 is 4.74 Å². The summed E-state index contributed by atoms with van der Waals surface area (Å²) in [6, 6.07) is 0. The molecule has 1 rings (SSSR count). The van der Waals surface area contributed by atoms with Gasteiger partial charge in [-0.2, -0.15) is 0 Å². The molecule has 0 spiro atoms. The number of hydrogen-bond donors (Lipinski definition) is 0. The Labute approximate surface area is 63.2 Å². The second-order valence-electron chi connectivity index (χ2n) is 2.57. The van der Waals surface area contributed by atoms with Gasteiger partial charge in [-0.1, -0.05) is 0 Å². The van der Waals surface area contributed by atoms with Crippen LogP contribution in [0.25, 0.3) is 0 Å². The van der Waals surface area contributed by atoms with E-state index in [4.69, 9.17) is 4.74 Å². The van der Waals surface area contributed by atoms with E-state index in [2.05, 4.69) is 11.3 Å². The molecule has 1 aliphatic heterocycles. The summed E-state index contributed by atoms with van der Waals surface area (Å²) >= 11 is 0. The Morgan fingerprint density at radius 3 is 3.10 bits per heavy atom. The quantitative estimate of drug-likeness (QED) is 0.541. The van der Waals surface area contributed by atoms with E-state index in [1.807, 2.05) is 6.92 Å². The van der Waals surface area contributed by atoms with Gasteiger partial charge in [-0.05, 0) is 26.3 Å². The van der Waals surface area contributed by atoms with Crippen LogP contribution in [0.1, 0.15) is 13.3 Å². The van der Waals surface area contributed by atoms with E-state index < -0.39 is 0 Å². The number of rotatable bonds is 4. The minimum absolute atomic E-state index is 0.845. The zero-order chi connectivity index (χ0) is 7.23. The Morgan fingerprint density at radius 2 is 2.50 bits per heavy atom. The molecule has 0 saturated carbocycles. The van der Waals surface area contributed by atoms with E-state index in [9.17, 15) is 0 Å². The molecule has 0 atom stereocenters. The maximum atomic E-state index is 5.24. The monoisotopic (exact) mass is 142 g/mol. The Kier molecular flexibility index (Phi) is 3.76. The van der Waals surface area contributed by atoms with Crippen LogP contribution in [0.15, 0.2) is 0 Å². The fraction of sp³-hybridized carbons (Fsp3) is 0.875. The fourth-order valence-corrected chi connectivity index (χ4v) is 1.18. The lowest BCUT2D eigenvalue weighted by Crippen LogP contribution is -2.23. The molecule has 59 valence electrons. The van der Waals surface area contributed by atoms with Crippen molar-refractivity contribution in [1.82, 2.24) is 4.90 Å². The highest BCUT2D eigenvalue weighted by Gasteiger charge is 2.09. The van der Waals surface area contributed by atoms with E-state index >= 15 is 0 Å². The van der Waals surface area contributed by atoms with Crippen molar-refractivity contribution in [2.75, 3.05) is 32.8 Å². The van der Waals surface area contributed by atoms with Crippen LogP contribution in [-0.4, -0.2) is 37.7 Å². The van der Waals surface area contributed by atoms with E-state index in [1.165, 1.54) is 13.0 Å². The molecule has 10 heavy (non-hydrogen) atoms. The summed E-state index contributed by atoms with van der Waals surface area (Å²) in [5.41, 5.74) is 0. The summed E-state index contributed by atoms with van der Waals surface area (Å²) in [5, 5.41) is 0. The smallest absolute Gasteiger partial charge is 0.0593 e. The van der Waals surface area contributed by atoms with Gasteiger partial charge in [0.2, 0.25) is 0 Å². The lowest BCUT2D eigenvalue weighted by atomic mass is 10.4. The van der Waals surface area contributed by atoms with Gasteiger partial charge in [0.25, 0.3) is 0 Å². The van der Waals surface area contributed by atoms with Crippen molar-refractivity contribution in [1.29, 1.82) is 0 Å². The summed E-state index contributed by atoms with van der Waals surface area (Å²) < 4.78 is 5.24. The molecule has 0 bridgehead atoms. The van der Waals surface area contributed by atoms with Crippen LogP contribution in [0.4, 0.5) is 0 Å². The minimum atomic E-state index is 0.845. The second kappa shape index (κ2) is 4.69. The lowest BCUT2D eigenvalue weighted by molar-refractivity contribution is 0.122. The standard InChI is InChI=1S/C8H16NO/c1-2-10-8-7-9-5-3-4-6-9/h3H,2,4-8H2,1H3. The molecule has 1 saturated heterocycles. The third-order valence-corrected chi connectivity index (χ3v) is 1.79. The highest BCUT2D eigenvalue weighted by Crippen LogP contribution is 2.04. The molecule has 1 heterocycles. The van der Waals surface area contributed by atoms with E-state index in [0.29, 0.717) is 0 Å². The number of hydrogen-bond acceptors (Lipinski definition) is 2. The topological polar surface area (TPSA) is 12.5 Å². The van der Waals surface area contributed by atoms with Crippen molar-refractivity contribution in [3.05, 3.63) is 6.42 Å². The molecule has 1 fully saturated rings. The number of ether oxygens (including phenoxy) is 1. The van der Waals surface area contributed by atoms with Gasteiger partial charge in [0.15, 0.2) is 0 Å². The van der Waals surface area contributed by atoms with Gasteiger partial charge in [0.05, 0.1) is 6.61 Å². The summed E-state index contributed by atoms with van der Waals surface area (Å²) in [4.78, 5) is 2.41. The van der Waals surface area contributed by atoms with Crippen molar-refractivity contribution in [3.8, 4) is 0 Å². The Bertz CT molecular complexity index is 79.3. The van der Waals surface area contributed by atoms with Gasteiger partial charge in [-0.3, -0.25) is 0 Å². The van der Waals surface area contributed by atoms with E-state index in [1.54, 1.807) is 0 Å². The third-order valence-electron chi connectivity index (χ3n) is 1.79. The zero-order valence-corrected chi connectivity index (χ0v) is 6.68. The summed E-state index contributed by atoms with van der Waals surface area (Å²) in [7, 11) is 0. The summed E-state index contributed by atoms with van der Waals surface area (Å²) in [6.45, 7) is 7.27. The first-order valence-corrected chi connectivity index (χ1v) is 4.05. The third kappa shape index (κ3) is 2.67. The van der Waals surface area contributed by atoms with Gasteiger partial charge >= 0.3 is 0 Å². The van der Waals surface area contributed by atoms with Crippen molar-refractivity contribution in [3.63, 3.8) is 0 Å². The highest BCUT2D eigenvalue weighted by atomic mass is 16.5. The van der Waals surface area contributed by atoms with Crippen LogP contribution >= 0.6 is 0 Å². The lowest BCUT2D eigenvalue weighted by Gasteiger charge is -2.13. The molecule has 0 unspecified atom stereocenters. The molecule has 0 aromatic rings. The molecule has 0 aromatic carbocycles. The van der Waals surface area contributed by atoms with Crippen LogP contribution in [0, 0.1) is 6.42 Å². The molecule has 0 amide bonds. The molecule has 2 nitrogen and oxygen atoms in total. The van der Waals surface area contributed by atoms with Crippen LogP contribution in [-0.2, 0) is 4.74 Å². The van der Waals surface area contributed by atoms with Gasteiger partial charge in [0.1, 0.15) is 0 Å². The van der Waals surface area contributed by atoms with Crippen LogP contribution in [0.5, 0.6) is 0 Å². The zero-order valence-electron chi connectivity index (χ0n) is 6.68. The molecule has 0 aliphatic carbocycles. The second-order valence-corrected chi connectivity index (χ2v) is 2.57. The molecular weight excluding hydrogens is 126 g/mol. The van der Waals surface area contributed by atoms with Crippen LogP contribution in [0.3, 0.4) is 0 Å². The summed E-state index contributed by atoms with van der Waals surface area (Å²) in [5.74, 6) is 0. The first-order chi connectivity index (χ1) is 4.93. The Hall–Kier alpha value is -0.0800. The summed E-state index contributed by atoms with van der Waals surface area (Å²) in [6.07, 6.45) is 3.58. The number of nitrogens with zero attached hydrogens (tertiary/aromatic N) is 1. The SMILES string of the molecule is CCOCCN1C[CH]CC1. The van der Waals surface area contributed by atoms with E-state index in [0.717, 1.165) is 26.3 Å². The molecule has 1 aliphatic rings. The average Bonchev–Trinajstić information content (AvgIpc) is 2.41. The van der Waals surface area contributed by atoms with Gasteiger partial charge < -0.3 is 9.64 Å².